The minimum atomic E-state index is -0.931. The highest BCUT2D eigenvalue weighted by Gasteiger charge is 1.99. The first-order valence-electron chi connectivity index (χ1n) is 7.14. The first-order chi connectivity index (χ1) is 11.7. The van der Waals surface area contributed by atoms with Crippen LogP contribution in [0.25, 0.3) is 0 Å². The summed E-state index contributed by atoms with van der Waals surface area (Å²) in [5.74, 6) is -1.86. The molecule has 0 fully saturated rings. The zero-order chi connectivity index (χ0) is 19.4. The van der Waals surface area contributed by atoms with Gasteiger partial charge in [-0.1, -0.05) is 0 Å². The predicted octanol–water partition coefficient (Wildman–Crippen LogP) is 1.29. The average molecular weight is 350 g/mol. The third-order valence-corrected chi connectivity index (χ3v) is 2.58. The molecule has 8 nitrogen and oxygen atoms in total. The Kier molecular flexibility index (Phi) is 10.0. The van der Waals surface area contributed by atoms with Crippen LogP contribution in [-0.2, 0) is 0 Å². The van der Waals surface area contributed by atoms with Crippen molar-refractivity contribution in [1.29, 1.82) is 0 Å². The van der Waals surface area contributed by atoms with Crippen LogP contribution in [0.1, 0.15) is 27.6 Å². The summed E-state index contributed by atoms with van der Waals surface area (Å²) in [6.45, 7) is 1.39. The van der Waals surface area contributed by atoms with Crippen molar-refractivity contribution in [1.82, 2.24) is 0 Å². The van der Waals surface area contributed by atoms with Gasteiger partial charge in [-0.05, 0) is 55.5 Å². The molecule has 0 aliphatic rings. The van der Waals surface area contributed by atoms with E-state index < -0.39 is 18.0 Å². The largest absolute Gasteiger partial charge is 0.478 e. The number of hydrogen-bond donors (Lipinski definition) is 6. The number of carboxylic acid groups (broad SMARTS) is 2. The summed E-state index contributed by atoms with van der Waals surface area (Å²) in [7, 11) is 0. The summed E-state index contributed by atoms with van der Waals surface area (Å²) in [5.41, 5.74) is 12.3. The van der Waals surface area contributed by atoms with Gasteiger partial charge in [0.25, 0.3) is 0 Å². The van der Waals surface area contributed by atoms with Gasteiger partial charge in [-0.15, -0.1) is 0 Å². The minimum absolute atomic E-state index is 0.139. The third-order valence-electron chi connectivity index (χ3n) is 2.58. The Bertz CT molecular complexity index is 598. The summed E-state index contributed by atoms with van der Waals surface area (Å²) in [6.07, 6.45) is -0.560. The molecule has 2 aromatic carbocycles. The summed E-state index contributed by atoms with van der Waals surface area (Å²) in [4.78, 5) is 20.5. The third kappa shape index (κ3) is 10.3. The van der Waals surface area contributed by atoms with Crippen LogP contribution >= 0.6 is 0 Å². The van der Waals surface area contributed by atoms with E-state index in [2.05, 4.69) is 0 Å². The van der Waals surface area contributed by atoms with Crippen molar-refractivity contribution in [3.8, 4) is 0 Å². The van der Waals surface area contributed by atoms with Crippen LogP contribution in [0.5, 0.6) is 0 Å². The van der Waals surface area contributed by atoms with E-state index in [0.717, 1.165) is 0 Å². The summed E-state index contributed by atoms with van der Waals surface area (Å²) < 4.78 is 0. The number of carbonyl (C=O) groups is 2. The fourth-order valence-corrected chi connectivity index (χ4v) is 1.25. The molecule has 8 heteroatoms. The zero-order valence-electron chi connectivity index (χ0n) is 13.7. The van der Waals surface area contributed by atoms with Crippen LogP contribution < -0.4 is 11.5 Å². The molecule has 8 N–H and O–H groups in total. The van der Waals surface area contributed by atoms with Crippen molar-refractivity contribution in [3.63, 3.8) is 0 Å². The lowest BCUT2D eigenvalue weighted by Gasteiger charge is -1.93. The number of hydrogen-bond acceptors (Lipinski definition) is 6. The standard InChI is InChI=1S/2C7H7NO2.C3H8O2/c2*8-6-3-1-5(2-4-6)7(9)10;1-3(5)2-4/h2*1-4H,8H2,(H,9,10);3-5H,2H2,1H3. The monoisotopic (exact) mass is 350 g/mol. The van der Waals surface area contributed by atoms with Crippen LogP contribution in [0.2, 0.25) is 0 Å². The Morgan fingerprint density at radius 1 is 0.840 bits per heavy atom. The van der Waals surface area contributed by atoms with E-state index >= 15 is 0 Å². The Hall–Kier alpha value is -3.10. The number of benzene rings is 2. The number of rotatable bonds is 3. The average Bonchev–Trinajstić information content (AvgIpc) is 2.56. The number of nitrogen functional groups attached to an aromatic ring is 2. The molecule has 136 valence electrons. The van der Waals surface area contributed by atoms with Crippen LogP contribution in [-0.4, -0.2) is 45.1 Å². The Labute approximate surface area is 145 Å². The molecule has 1 unspecified atom stereocenters. The topological polar surface area (TPSA) is 167 Å². The summed E-state index contributed by atoms with van der Waals surface area (Å²) >= 11 is 0. The van der Waals surface area contributed by atoms with Gasteiger partial charge in [-0.25, -0.2) is 9.59 Å². The van der Waals surface area contributed by atoms with E-state index in [4.69, 9.17) is 31.9 Å². The van der Waals surface area contributed by atoms with Crippen LogP contribution in [0.4, 0.5) is 11.4 Å². The van der Waals surface area contributed by atoms with Gasteiger partial charge in [-0.3, -0.25) is 0 Å². The molecule has 0 saturated heterocycles. The molecule has 2 rings (SSSR count). The highest BCUT2D eigenvalue weighted by molar-refractivity contribution is 5.88. The first-order valence-corrected chi connectivity index (χ1v) is 7.14. The van der Waals surface area contributed by atoms with Gasteiger partial charge in [0.15, 0.2) is 0 Å². The number of aliphatic hydroxyl groups is 2. The molecule has 0 amide bonds. The number of anilines is 2. The molecular formula is C17H22N2O6. The zero-order valence-corrected chi connectivity index (χ0v) is 13.7. The van der Waals surface area contributed by atoms with Crippen molar-refractivity contribution in [2.45, 2.75) is 13.0 Å². The molecule has 0 aliphatic heterocycles. The highest BCUT2D eigenvalue weighted by Crippen LogP contribution is 2.05. The van der Waals surface area contributed by atoms with Crippen molar-refractivity contribution in [2.75, 3.05) is 18.1 Å². The minimum Gasteiger partial charge on any atom is -0.478 e. The maximum Gasteiger partial charge on any atom is 0.335 e. The van der Waals surface area contributed by atoms with Gasteiger partial charge in [0, 0.05) is 11.4 Å². The van der Waals surface area contributed by atoms with Crippen LogP contribution in [0.15, 0.2) is 48.5 Å². The van der Waals surface area contributed by atoms with Gasteiger partial charge >= 0.3 is 11.9 Å². The Morgan fingerprint density at radius 3 is 1.24 bits per heavy atom. The lowest BCUT2D eigenvalue weighted by molar-refractivity contribution is 0.0686. The number of carboxylic acids is 2. The number of nitrogens with two attached hydrogens (primary N) is 2. The van der Waals surface area contributed by atoms with Gasteiger partial charge in [0.1, 0.15) is 0 Å². The molecule has 0 bridgehead atoms. The molecule has 0 spiro atoms. The Balaban J connectivity index is 0.000000368. The lowest BCUT2D eigenvalue weighted by atomic mass is 10.2. The van der Waals surface area contributed by atoms with Gasteiger partial charge in [0.2, 0.25) is 0 Å². The van der Waals surface area contributed by atoms with E-state index in [1.165, 1.54) is 31.2 Å². The van der Waals surface area contributed by atoms with E-state index in [0.29, 0.717) is 11.4 Å². The fraction of sp³-hybridized carbons (Fsp3) is 0.176. The molecule has 0 radical (unpaired) electrons. The number of aliphatic hydroxyl groups excluding tert-OH is 2. The highest BCUT2D eigenvalue weighted by atomic mass is 16.4. The van der Waals surface area contributed by atoms with E-state index in [9.17, 15) is 9.59 Å². The SMILES string of the molecule is CC(O)CO.Nc1ccc(C(=O)O)cc1.Nc1ccc(C(=O)O)cc1. The van der Waals surface area contributed by atoms with Gasteiger partial charge in [-0.2, -0.15) is 0 Å². The quantitative estimate of drug-likeness (QED) is 0.450. The van der Waals surface area contributed by atoms with Crippen molar-refractivity contribution < 1.29 is 30.0 Å². The van der Waals surface area contributed by atoms with E-state index in [-0.39, 0.29) is 17.7 Å². The number of aromatic carboxylic acids is 2. The van der Waals surface area contributed by atoms with Crippen LogP contribution in [0.3, 0.4) is 0 Å². The lowest BCUT2D eigenvalue weighted by Crippen LogP contribution is -2.03. The van der Waals surface area contributed by atoms with Gasteiger partial charge < -0.3 is 31.9 Å². The molecule has 1 atom stereocenters. The van der Waals surface area contributed by atoms with E-state index in [1.54, 1.807) is 24.3 Å². The first kappa shape index (κ1) is 21.9. The summed E-state index contributed by atoms with van der Waals surface area (Å²) in [6, 6.07) is 12.1. The fourth-order valence-electron chi connectivity index (χ4n) is 1.25. The van der Waals surface area contributed by atoms with Crippen molar-refractivity contribution in [2.24, 2.45) is 0 Å². The maximum atomic E-state index is 10.3. The molecule has 0 saturated carbocycles. The van der Waals surface area contributed by atoms with Crippen LogP contribution in [0, 0.1) is 0 Å². The normalized spacial score (nSPS) is 10.4. The summed E-state index contributed by atoms with van der Waals surface area (Å²) in [5, 5.41) is 32.9. The second-order valence-electron chi connectivity index (χ2n) is 4.89. The molecule has 2 aromatic rings. The molecule has 0 aliphatic carbocycles. The second-order valence-corrected chi connectivity index (χ2v) is 4.89. The molecule has 0 aromatic heterocycles. The molecule has 0 heterocycles. The predicted molar refractivity (Wildman–Crippen MR) is 94.4 cm³/mol. The maximum absolute atomic E-state index is 10.3. The molecular weight excluding hydrogens is 328 g/mol. The van der Waals surface area contributed by atoms with E-state index in [1.807, 2.05) is 0 Å². The van der Waals surface area contributed by atoms with Crippen molar-refractivity contribution in [3.05, 3.63) is 59.7 Å². The second kappa shape index (κ2) is 11.4. The smallest absolute Gasteiger partial charge is 0.335 e. The molecule has 25 heavy (non-hydrogen) atoms. The Morgan fingerprint density at radius 2 is 1.08 bits per heavy atom. The van der Waals surface area contributed by atoms with Crippen molar-refractivity contribution >= 4 is 23.3 Å². The van der Waals surface area contributed by atoms with Gasteiger partial charge in [0.05, 0.1) is 23.8 Å².